The first-order valence-corrected chi connectivity index (χ1v) is 4.85. The largest absolute Gasteiger partial charge is 0.281 e. The molecule has 0 bridgehead atoms. The summed E-state index contributed by atoms with van der Waals surface area (Å²) in [5.41, 5.74) is -0.346. The molecule has 5 heteroatoms. The lowest BCUT2D eigenvalue weighted by molar-refractivity contribution is -0.385. The summed E-state index contributed by atoms with van der Waals surface area (Å²) in [7, 11) is 0. The van der Waals surface area contributed by atoms with Gasteiger partial charge in [-0.1, -0.05) is 32.4 Å². The molecule has 0 unspecified atom stereocenters. The number of halogens is 1. The average molecular weight is 230 g/mol. The first-order chi connectivity index (χ1) is 7.04. The molecule has 0 amide bonds. The van der Waals surface area contributed by atoms with E-state index in [-0.39, 0.29) is 11.3 Å². The van der Waals surface area contributed by atoms with Crippen LogP contribution < -0.4 is 0 Å². The predicted octanol–water partition coefficient (Wildman–Crippen LogP) is 3.39. The fourth-order valence-corrected chi connectivity index (χ4v) is 0.959. The van der Waals surface area contributed by atoms with Crippen molar-refractivity contribution in [2.45, 2.75) is 20.3 Å². The van der Waals surface area contributed by atoms with Gasteiger partial charge in [0, 0.05) is 6.07 Å². The van der Waals surface area contributed by atoms with Crippen molar-refractivity contribution >= 4 is 22.5 Å². The molecule has 0 aliphatic rings. The molecule has 0 saturated heterocycles. The molecule has 0 saturated carbocycles. The lowest BCUT2D eigenvalue weighted by Crippen LogP contribution is -1.97. The maximum absolute atomic E-state index is 10.6. The minimum absolute atomic E-state index is 0.0795. The predicted molar refractivity (Wildman–Crippen MR) is 59.2 cm³/mol. The van der Waals surface area contributed by atoms with Gasteiger partial charge < -0.3 is 0 Å². The van der Waals surface area contributed by atoms with Crippen molar-refractivity contribution in [2.75, 3.05) is 0 Å². The summed E-state index contributed by atoms with van der Waals surface area (Å²) in [4.78, 5) is 20.3. The fourth-order valence-electron chi connectivity index (χ4n) is 0.799. The van der Waals surface area contributed by atoms with Gasteiger partial charge in [0.1, 0.15) is 5.56 Å². The maximum Gasteiger partial charge on any atom is 0.281 e. The van der Waals surface area contributed by atoms with Crippen molar-refractivity contribution in [3.05, 3.63) is 39.9 Å². The molecule has 1 aromatic rings. The third kappa shape index (κ3) is 4.56. The summed E-state index contributed by atoms with van der Waals surface area (Å²) >= 11 is 5.11. The van der Waals surface area contributed by atoms with E-state index in [2.05, 4.69) is 13.8 Å². The zero-order valence-electron chi connectivity index (χ0n) is 8.57. The van der Waals surface area contributed by atoms with Crippen molar-refractivity contribution in [1.82, 2.24) is 0 Å². The minimum atomic E-state index is -0.817. The molecule has 82 valence electrons. The van der Waals surface area contributed by atoms with E-state index in [0.29, 0.717) is 0 Å². The van der Waals surface area contributed by atoms with E-state index in [1.165, 1.54) is 30.7 Å². The highest BCUT2D eigenvalue weighted by atomic mass is 35.5. The molecule has 0 aliphatic heterocycles. The van der Waals surface area contributed by atoms with Gasteiger partial charge in [0.25, 0.3) is 10.9 Å². The van der Waals surface area contributed by atoms with Gasteiger partial charge in [-0.05, 0) is 17.7 Å². The zero-order chi connectivity index (χ0) is 11.8. The van der Waals surface area contributed by atoms with Gasteiger partial charge in [0.2, 0.25) is 0 Å². The molecule has 4 nitrogen and oxygen atoms in total. The smallest absolute Gasteiger partial charge is 0.275 e. The van der Waals surface area contributed by atoms with Crippen LogP contribution in [0.1, 0.15) is 30.6 Å². The Morgan fingerprint density at radius 1 is 1.40 bits per heavy atom. The number of hydrogen-bond donors (Lipinski definition) is 0. The van der Waals surface area contributed by atoms with Crippen LogP contribution in [0, 0.1) is 10.1 Å². The highest BCUT2D eigenvalue weighted by molar-refractivity contribution is 6.68. The van der Waals surface area contributed by atoms with E-state index in [9.17, 15) is 14.9 Å². The molecule has 1 rings (SSSR count). The van der Waals surface area contributed by atoms with Gasteiger partial charge >= 0.3 is 0 Å². The van der Waals surface area contributed by atoms with Gasteiger partial charge in [-0.2, -0.15) is 0 Å². The van der Waals surface area contributed by atoms with Crippen LogP contribution in [-0.4, -0.2) is 10.2 Å². The van der Waals surface area contributed by atoms with Gasteiger partial charge in [0.15, 0.2) is 0 Å². The van der Waals surface area contributed by atoms with Crippen LogP contribution in [0.3, 0.4) is 0 Å². The average Bonchev–Trinajstić information content (AvgIpc) is 2.19. The molecule has 0 N–H and O–H groups in total. The van der Waals surface area contributed by atoms with E-state index in [1.807, 2.05) is 0 Å². The number of carbonyl (C=O) groups excluding carboxylic acids is 1. The molecule has 0 aromatic heterocycles. The SMILES string of the molecule is CCC.O=C(Cl)c1ccccc1[N+](=O)[O-]. The molecule has 1 aromatic carbocycles. The highest BCUT2D eigenvalue weighted by Gasteiger charge is 2.16. The summed E-state index contributed by atoms with van der Waals surface area (Å²) in [5.74, 6) is 0. The van der Waals surface area contributed by atoms with Crippen LogP contribution >= 0.6 is 11.6 Å². The van der Waals surface area contributed by atoms with Gasteiger partial charge in [-0.25, -0.2) is 0 Å². The number of para-hydroxylation sites is 1. The first-order valence-electron chi connectivity index (χ1n) is 4.47. The first kappa shape index (κ1) is 13.6. The maximum atomic E-state index is 10.6. The lowest BCUT2D eigenvalue weighted by atomic mass is 10.2. The third-order valence-corrected chi connectivity index (χ3v) is 1.52. The summed E-state index contributed by atoms with van der Waals surface area (Å²) < 4.78 is 0. The minimum Gasteiger partial charge on any atom is -0.275 e. The Morgan fingerprint density at radius 2 is 1.87 bits per heavy atom. The summed E-state index contributed by atoms with van der Waals surface area (Å²) in [5, 5.41) is 9.50. The van der Waals surface area contributed by atoms with Crippen LogP contribution in [0.2, 0.25) is 0 Å². The second-order valence-corrected chi connectivity index (χ2v) is 3.10. The van der Waals surface area contributed by atoms with Gasteiger partial charge in [-0.15, -0.1) is 0 Å². The molecule has 0 radical (unpaired) electrons. The van der Waals surface area contributed by atoms with Crippen molar-refractivity contribution in [3.8, 4) is 0 Å². The summed E-state index contributed by atoms with van der Waals surface area (Å²) in [6, 6.07) is 5.53. The third-order valence-electron chi connectivity index (χ3n) is 1.31. The number of rotatable bonds is 2. The zero-order valence-corrected chi connectivity index (χ0v) is 9.32. The number of nitrogens with zero attached hydrogens (tertiary/aromatic N) is 1. The Kier molecular flexibility index (Phi) is 6.29. The van der Waals surface area contributed by atoms with Crippen molar-refractivity contribution in [1.29, 1.82) is 0 Å². The molecular weight excluding hydrogens is 218 g/mol. The summed E-state index contributed by atoms with van der Waals surface area (Å²) in [6.45, 7) is 4.25. The second-order valence-electron chi connectivity index (χ2n) is 2.76. The van der Waals surface area contributed by atoms with Crippen LogP contribution in [-0.2, 0) is 0 Å². The van der Waals surface area contributed by atoms with Crippen molar-refractivity contribution in [3.63, 3.8) is 0 Å². The van der Waals surface area contributed by atoms with E-state index in [1.54, 1.807) is 0 Å². The van der Waals surface area contributed by atoms with Crippen molar-refractivity contribution < 1.29 is 9.72 Å². The quantitative estimate of drug-likeness (QED) is 0.444. The Hall–Kier alpha value is -1.42. The van der Waals surface area contributed by atoms with Gasteiger partial charge in [0.05, 0.1) is 4.92 Å². The number of carbonyl (C=O) groups is 1. The van der Waals surface area contributed by atoms with E-state index in [0.717, 1.165) is 0 Å². The van der Waals surface area contributed by atoms with Crippen LogP contribution in [0.5, 0.6) is 0 Å². The molecular formula is C10H12ClNO3. The molecule has 0 atom stereocenters. The van der Waals surface area contributed by atoms with E-state index < -0.39 is 10.2 Å². The monoisotopic (exact) mass is 229 g/mol. The molecule has 0 spiro atoms. The number of hydrogen-bond acceptors (Lipinski definition) is 3. The van der Waals surface area contributed by atoms with Crippen LogP contribution in [0.4, 0.5) is 5.69 Å². The van der Waals surface area contributed by atoms with E-state index >= 15 is 0 Å². The normalized spacial score (nSPS) is 8.73. The lowest BCUT2D eigenvalue weighted by Gasteiger charge is -1.94. The number of nitro groups is 1. The Labute approximate surface area is 93.0 Å². The molecule has 15 heavy (non-hydrogen) atoms. The standard InChI is InChI=1S/C7H4ClNO3.C3H8/c8-7(10)5-3-1-2-4-6(5)9(11)12;1-3-2/h1-4H;3H2,1-2H3. The second kappa shape index (κ2) is 6.95. The Bertz CT molecular complexity index is 319. The number of nitro benzene ring substituents is 1. The van der Waals surface area contributed by atoms with Gasteiger partial charge in [-0.3, -0.25) is 14.9 Å². The highest BCUT2D eigenvalue weighted by Crippen LogP contribution is 2.18. The Balaban J connectivity index is 0.000000583. The topological polar surface area (TPSA) is 60.2 Å². The van der Waals surface area contributed by atoms with Crippen LogP contribution in [0.25, 0.3) is 0 Å². The number of benzene rings is 1. The van der Waals surface area contributed by atoms with Crippen molar-refractivity contribution in [2.24, 2.45) is 0 Å². The van der Waals surface area contributed by atoms with E-state index in [4.69, 9.17) is 11.6 Å². The summed E-state index contributed by atoms with van der Waals surface area (Å²) in [6.07, 6.45) is 1.25. The molecule has 0 fully saturated rings. The fraction of sp³-hybridized carbons (Fsp3) is 0.300. The van der Waals surface area contributed by atoms with Crippen LogP contribution in [0.15, 0.2) is 24.3 Å². The molecule has 0 aliphatic carbocycles. The Morgan fingerprint density at radius 3 is 2.20 bits per heavy atom. The molecule has 0 heterocycles.